The Kier molecular flexibility index (Phi) is 8.33. The van der Waals surface area contributed by atoms with Crippen molar-refractivity contribution < 1.29 is 24.2 Å². The Hall–Kier alpha value is -4.70. The molecule has 1 saturated heterocycles. The van der Waals surface area contributed by atoms with Crippen molar-refractivity contribution >= 4 is 49.8 Å². The standard InChI is InChI=1S/C35H36N4O5S/c1-6-8-9-17-44-25-15-13-23(19-26(25)43-7-2)30-28(31(40)29-22(5)38-16-10-11-21(4)33(38)37-29)32(41)34(42)39(30)35-36-24-14-12-20(3)18-27(24)45-35/h10-16,18-19,30,40H,6-9,17H2,1-5H3/b31-28+. The van der Waals surface area contributed by atoms with Gasteiger partial charge in [0.25, 0.3) is 5.78 Å². The van der Waals surface area contributed by atoms with Gasteiger partial charge in [-0.1, -0.05) is 49.3 Å². The number of imidazole rings is 1. The Morgan fingerprint density at radius 2 is 1.80 bits per heavy atom. The van der Waals surface area contributed by atoms with Crippen LogP contribution in [0.3, 0.4) is 0 Å². The van der Waals surface area contributed by atoms with Gasteiger partial charge in [0.05, 0.1) is 40.7 Å². The summed E-state index contributed by atoms with van der Waals surface area (Å²) in [5, 5.41) is 12.2. The molecular weight excluding hydrogens is 588 g/mol. The largest absolute Gasteiger partial charge is 0.505 e. The van der Waals surface area contributed by atoms with E-state index in [1.165, 1.54) is 16.2 Å². The molecule has 1 amide bonds. The molecule has 4 heterocycles. The second-order valence-corrected chi connectivity index (χ2v) is 12.3. The van der Waals surface area contributed by atoms with E-state index in [1.54, 1.807) is 12.1 Å². The Morgan fingerprint density at radius 3 is 2.56 bits per heavy atom. The average molecular weight is 625 g/mol. The fourth-order valence-electron chi connectivity index (χ4n) is 5.76. The summed E-state index contributed by atoms with van der Waals surface area (Å²) in [5.74, 6) is -0.838. The molecule has 2 aromatic carbocycles. The second-order valence-electron chi connectivity index (χ2n) is 11.3. The number of carbonyl (C=O) groups excluding carboxylic acids is 2. The number of aromatic nitrogens is 3. The topological polar surface area (TPSA) is 106 Å². The van der Waals surface area contributed by atoms with Gasteiger partial charge < -0.3 is 19.0 Å². The van der Waals surface area contributed by atoms with E-state index >= 15 is 0 Å². The van der Waals surface area contributed by atoms with Crippen LogP contribution in [0, 0.1) is 20.8 Å². The molecule has 6 rings (SSSR count). The Morgan fingerprint density at radius 1 is 0.978 bits per heavy atom. The maximum absolute atomic E-state index is 13.9. The number of fused-ring (bicyclic) bond motifs is 2. The van der Waals surface area contributed by atoms with Gasteiger partial charge >= 0.3 is 5.91 Å². The number of hydrogen-bond donors (Lipinski definition) is 1. The second kappa shape index (κ2) is 12.4. The van der Waals surface area contributed by atoms with E-state index in [1.807, 2.05) is 74.7 Å². The summed E-state index contributed by atoms with van der Waals surface area (Å²) >= 11 is 1.33. The van der Waals surface area contributed by atoms with E-state index in [4.69, 9.17) is 19.4 Å². The molecule has 1 N–H and O–H groups in total. The molecule has 1 unspecified atom stereocenters. The molecule has 45 heavy (non-hydrogen) atoms. The smallest absolute Gasteiger partial charge is 0.301 e. The number of aliphatic hydroxyl groups excluding tert-OH is 1. The van der Waals surface area contributed by atoms with Crippen molar-refractivity contribution in [2.45, 2.75) is 59.9 Å². The number of unbranched alkanes of at least 4 members (excludes halogenated alkanes) is 2. The molecule has 0 bridgehead atoms. The van der Waals surface area contributed by atoms with Crippen LogP contribution in [-0.4, -0.2) is 44.4 Å². The predicted molar refractivity (Wildman–Crippen MR) is 176 cm³/mol. The first-order chi connectivity index (χ1) is 21.7. The fraction of sp³-hybridized carbons (Fsp3) is 0.314. The zero-order valence-electron chi connectivity index (χ0n) is 26.1. The van der Waals surface area contributed by atoms with Crippen molar-refractivity contribution in [2.24, 2.45) is 0 Å². The molecule has 0 spiro atoms. The molecule has 0 saturated carbocycles. The van der Waals surface area contributed by atoms with Gasteiger partial charge in [0.1, 0.15) is 11.3 Å². The van der Waals surface area contributed by atoms with Crippen molar-refractivity contribution in [3.8, 4) is 11.5 Å². The lowest BCUT2D eigenvalue weighted by atomic mass is 9.96. The van der Waals surface area contributed by atoms with Crippen molar-refractivity contribution in [3.05, 3.63) is 88.4 Å². The number of ether oxygens (including phenoxy) is 2. The average Bonchev–Trinajstić information content (AvgIpc) is 3.67. The monoisotopic (exact) mass is 624 g/mol. The van der Waals surface area contributed by atoms with Crippen LogP contribution in [0.1, 0.15) is 67.2 Å². The molecule has 1 fully saturated rings. The zero-order chi connectivity index (χ0) is 31.8. The summed E-state index contributed by atoms with van der Waals surface area (Å²) in [7, 11) is 0. The third-order valence-electron chi connectivity index (χ3n) is 8.08. The van der Waals surface area contributed by atoms with Crippen LogP contribution in [0.4, 0.5) is 5.13 Å². The van der Waals surface area contributed by atoms with E-state index in [0.29, 0.717) is 46.7 Å². The number of ketones is 1. The number of pyridine rings is 1. The molecule has 9 nitrogen and oxygen atoms in total. The molecule has 1 atom stereocenters. The van der Waals surface area contributed by atoms with Crippen LogP contribution in [-0.2, 0) is 9.59 Å². The molecule has 232 valence electrons. The van der Waals surface area contributed by atoms with Crippen LogP contribution >= 0.6 is 11.3 Å². The minimum atomic E-state index is -0.981. The van der Waals surface area contributed by atoms with E-state index < -0.39 is 17.7 Å². The number of aliphatic hydroxyl groups is 1. The quantitative estimate of drug-likeness (QED) is 0.0744. The summed E-state index contributed by atoms with van der Waals surface area (Å²) in [6.07, 6.45) is 4.91. The zero-order valence-corrected chi connectivity index (χ0v) is 26.9. The van der Waals surface area contributed by atoms with Gasteiger partial charge in [-0.2, -0.15) is 0 Å². The summed E-state index contributed by atoms with van der Waals surface area (Å²) in [6.45, 7) is 10.7. The summed E-state index contributed by atoms with van der Waals surface area (Å²) in [5.41, 5.74) is 4.77. The van der Waals surface area contributed by atoms with E-state index in [-0.39, 0.29) is 17.0 Å². The van der Waals surface area contributed by atoms with Gasteiger partial charge in [0, 0.05) is 6.20 Å². The lowest BCUT2D eigenvalue weighted by Crippen LogP contribution is -2.29. The van der Waals surface area contributed by atoms with Gasteiger partial charge in [-0.3, -0.25) is 14.5 Å². The number of rotatable bonds is 10. The molecular formula is C35H36N4O5S. The fourth-order valence-corrected chi connectivity index (χ4v) is 6.85. The minimum Gasteiger partial charge on any atom is -0.505 e. The maximum atomic E-state index is 13.9. The van der Waals surface area contributed by atoms with Crippen LogP contribution < -0.4 is 14.4 Å². The van der Waals surface area contributed by atoms with E-state index in [0.717, 1.165) is 40.6 Å². The van der Waals surface area contributed by atoms with Crippen molar-refractivity contribution in [2.75, 3.05) is 18.1 Å². The first-order valence-electron chi connectivity index (χ1n) is 15.3. The van der Waals surface area contributed by atoms with Crippen LogP contribution in [0.25, 0.3) is 21.6 Å². The first kappa shape index (κ1) is 30.3. The Balaban J connectivity index is 1.54. The molecule has 0 radical (unpaired) electrons. The van der Waals surface area contributed by atoms with Crippen molar-refractivity contribution in [1.82, 2.24) is 14.4 Å². The highest BCUT2D eigenvalue weighted by Gasteiger charge is 2.49. The van der Waals surface area contributed by atoms with Gasteiger partial charge in [-0.15, -0.1) is 0 Å². The molecule has 1 aliphatic heterocycles. The molecule has 0 aliphatic carbocycles. The van der Waals surface area contributed by atoms with Crippen molar-refractivity contribution in [3.63, 3.8) is 0 Å². The minimum absolute atomic E-state index is 0.0568. The lowest BCUT2D eigenvalue weighted by molar-refractivity contribution is -0.132. The number of benzene rings is 2. The molecule has 3 aromatic heterocycles. The normalized spacial score (nSPS) is 16.3. The highest BCUT2D eigenvalue weighted by Crippen LogP contribution is 2.46. The molecule has 1 aliphatic rings. The summed E-state index contributed by atoms with van der Waals surface area (Å²) in [6, 6.07) is 14.1. The molecule has 5 aromatic rings. The Bertz CT molecular complexity index is 1970. The number of anilines is 1. The third kappa shape index (κ3) is 5.44. The SMILES string of the molecule is CCCCCOc1ccc(C2/C(=C(\O)c3nc4c(C)cccn4c3C)C(=O)C(=O)N2c2nc3ccc(C)cc3s2)cc1OCC. The lowest BCUT2D eigenvalue weighted by Gasteiger charge is -2.24. The van der Waals surface area contributed by atoms with Crippen LogP contribution in [0.15, 0.2) is 60.3 Å². The van der Waals surface area contributed by atoms with Gasteiger partial charge in [0.15, 0.2) is 22.4 Å². The first-order valence-corrected chi connectivity index (χ1v) is 16.1. The predicted octanol–water partition coefficient (Wildman–Crippen LogP) is 7.46. The van der Waals surface area contributed by atoms with Gasteiger partial charge in [-0.25, -0.2) is 9.97 Å². The summed E-state index contributed by atoms with van der Waals surface area (Å²) < 4.78 is 14.8. The third-order valence-corrected chi connectivity index (χ3v) is 9.10. The number of amides is 1. The number of Topliss-reactive ketones (excluding diaryl/α,β-unsaturated/α-hetero) is 1. The number of thiazole rings is 1. The highest BCUT2D eigenvalue weighted by molar-refractivity contribution is 7.22. The number of carbonyl (C=O) groups is 2. The van der Waals surface area contributed by atoms with Crippen LogP contribution in [0.2, 0.25) is 0 Å². The number of aryl methyl sites for hydroxylation is 3. The van der Waals surface area contributed by atoms with Crippen LogP contribution in [0.5, 0.6) is 11.5 Å². The van der Waals surface area contributed by atoms with Crippen molar-refractivity contribution in [1.29, 1.82) is 0 Å². The highest BCUT2D eigenvalue weighted by atomic mass is 32.1. The number of hydrogen-bond acceptors (Lipinski definition) is 8. The van der Waals surface area contributed by atoms with Gasteiger partial charge in [-0.05, 0) is 81.1 Å². The number of nitrogens with zero attached hydrogens (tertiary/aromatic N) is 4. The Labute approximate surface area is 265 Å². The maximum Gasteiger partial charge on any atom is 0.301 e. The molecule has 10 heteroatoms. The van der Waals surface area contributed by atoms with Gasteiger partial charge in [0.2, 0.25) is 0 Å². The van der Waals surface area contributed by atoms with E-state index in [2.05, 4.69) is 6.92 Å². The van der Waals surface area contributed by atoms with E-state index in [9.17, 15) is 14.7 Å². The summed E-state index contributed by atoms with van der Waals surface area (Å²) in [4.78, 5) is 38.6.